The van der Waals surface area contributed by atoms with Crippen LogP contribution in [0.5, 0.6) is 0 Å². The Hall–Kier alpha value is -0.770. The van der Waals surface area contributed by atoms with Crippen LogP contribution in [0.4, 0.5) is 4.79 Å². The molecule has 0 aromatic heterocycles. The number of likely N-dealkylation sites (tertiary alicyclic amines) is 1. The molecule has 0 spiro atoms. The molecule has 1 amide bonds. The largest absolute Gasteiger partial charge is 0.444 e. The number of carbonyl (C=O) groups excluding carboxylic acids is 1. The van der Waals surface area contributed by atoms with E-state index in [0.717, 1.165) is 38.5 Å². The summed E-state index contributed by atoms with van der Waals surface area (Å²) in [7, 11) is 0. The number of carbonyl (C=O) groups is 1. The molecular formula is C17H34N2O2. The van der Waals surface area contributed by atoms with E-state index in [9.17, 15) is 4.79 Å². The molecule has 1 aliphatic carbocycles. The molecule has 1 saturated carbocycles. The van der Waals surface area contributed by atoms with Gasteiger partial charge in [-0.05, 0) is 53.0 Å². The predicted molar refractivity (Wildman–Crippen MR) is 87.6 cm³/mol. The summed E-state index contributed by atoms with van der Waals surface area (Å²) >= 11 is 0. The van der Waals surface area contributed by atoms with E-state index < -0.39 is 5.60 Å². The van der Waals surface area contributed by atoms with Crippen molar-refractivity contribution < 1.29 is 9.53 Å². The fourth-order valence-electron chi connectivity index (χ4n) is 2.93. The second-order valence-electron chi connectivity index (χ2n) is 6.76. The van der Waals surface area contributed by atoms with Gasteiger partial charge in [-0.1, -0.05) is 20.8 Å². The van der Waals surface area contributed by atoms with Crippen molar-refractivity contribution in [1.82, 2.24) is 9.80 Å². The van der Waals surface area contributed by atoms with Gasteiger partial charge < -0.3 is 9.64 Å². The third-order valence-electron chi connectivity index (χ3n) is 3.97. The minimum Gasteiger partial charge on any atom is -0.444 e. The summed E-state index contributed by atoms with van der Waals surface area (Å²) in [5.74, 6) is 0. The van der Waals surface area contributed by atoms with E-state index in [1.54, 1.807) is 0 Å². The number of nitrogens with zero attached hydrogens (tertiary/aromatic N) is 2. The first-order chi connectivity index (χ1) is 9.90. The molecule has 0 atom stereocenters. The lowest BCUT2D eigenvalue weighted by Crippen LogP contribution is -2.48. The van der Waals surface area contributed by atoms with Gasteiger partial charge in [0.2, 0.25) is 0 Å². The van der Waals surface area contributed by atoms with Gasteiger partial charge in [0.15, 0.2) is 0 Å². The van der Waals surface area contributed by atoms with Crippen molar-refractivity contribution in [2.45, 2.75) is 84.9 Å². The highest BCUT2D eigenvalue weighted by molar-refractivity contribution is 5.68. The van der Waals surface area contributed by atoms with Crippen LogP contribution in [0.1, 0.15) is 67.2 Å². The van der Waals surface area contributed by atoms with Crippen molar-refractivity contribution in [2.24, 2.45) is 0 Å². The molecule has 0 unspecified atom stereocenters. The van der Waals surface area contributed by atoms with Crippen LogP contribution in [0, 0.1) is 0 Å². The van der Waals surface area contributed by atoms with Gasteiger partial charge in [-0.15, -0.1) is 0 Å². The van der Waals surface area contributed by atoms with Gasteiger partial charge in [0.25, 0.3) is 0 Å². The van der Waals surface area contributed by atoms with Gasteiger partial charge in [0, 0.05) is 25.2 Å². The molecule has 2 rings (SSSR count). The van der Waals surface area contributed by atoms with Gasteiger partial charge in [-0.3, -0.25) is 4.90 Å². The predicted octanol–water partition coefficient (Wildman–Crippen LogP) is 3.90. The molecule has 1 heterocycles. The average Bonchev–Trinajstić information content (AvgIpc) is 3.25. The molecule has 21 heavy (non-hydrogen) atoms. The van der Waals surface area contributed by atoms with Crippen LogP contribution in [-0.2, 0) is 4.74 Å². The first kappa shape index (κ1) is 18.3. The minimum absolute atomic E-state index is 0.152. The summed E-state index contributed by atoms with van der Waals surface area (Å²) in [5.41, 5.74) is -0.391. The SMILES string of the molecule is CC.CCN(C1CC1)C1CCN(C(=O)OC(C)(C)C)CC1. The third kappa shape index (κ3) is 5.85. The van der Waals surface area contributed by atoms with Crippen LogP contribution in [0.15, 0.2) is 0 Å². The number of hydrogen-bond acceptors (Lipinski definition) is 3. The highest BCUT2D eigenvalue weighted by Gasteiger charge is 2.35. The molecule has 0 N–H and O–H groups in total. The Bertz CT molecular complexity index is 313. The van der Waals surface area contributed by atoms with Crippen LogP contribution < -0.4 is 0 Å². The normalized spacial score (nSPS) is 20.0. The number of ether oxygens (including phenoxy) is 1. The zero-order valence-corrected chi connectivity index (χ0v) is 14.8. The van der Waals surface area contributed by atoms with Crippen molar-refractivity contribution in [1.29, 1.82) is 0 Å². The summed E-state index contributed by atoms with van der Waals surface area (Å²) in [6.07, 6.45) is 4.74. The molecular weight excluding hydrogens is 264 g/mol. The molecule has 1 aliphatic heterocycles. The second kappa shape index (κ2) is 8.02. The standard InChI is InChI=1S/C15H28N2O2.C2H6/c1-5-17(12-6-7-12)13-8-10-16(11-9-13)14(18)19-15(2,3)4;1-2/h12-13H,5-11H2,1-4H3;1-2H3. The van der Waals surface area contributed by atoms with Crippen LogP contribution in [0.2, 0.25) is 0 Å². The van der Waals surface area contributed by atoms with E-state index >= 15 is 0 Å². The van der Waals surface area contributed by atoms with Crippen molar-refractivity contribution in [3.63, 3.8) is 0 Å². The Kier molecular flexibility index (Phi) is 6.98. The van der Waals surface area contributed by atoms with Crippen LogP contribution in [0.3, 0.4) is 0 Å². The van der Waals surface area contributed by atoms with Gasteiger partial charge >= 0.3 is 6.09 Å². The Morgan fingerprint density at radius 3 is 1.95 bits per heavy atom. The highest BCUT2D eigenvalue weighted by Crippen LogP contribution is 2.31. The first-order valence-corrected chi connectivity index (χ1v) is 8.64. The summed E-state index contributed by atoms with van der Waals surface area (Å²) in [5, 5.41) is 0. The fraction of sp³-hybridized carbons (Fsp3) is 0.941. The summed E-state index contributed by atoms with van der Waals surface area (Å²) in [6.45, 7) is 14.8. The fourth-order valence-corrected chi connectivity index (χ4v) is 2.93. The minimum atomic E-state index is -0.391. The van der Waals surface area contributed by atoms with Crippen LogP contribution >= 0.6 is 0 Å². The van der Waals surface area contributed by atoms with Crippen molar-refractivity contribution >= 4 is 6.09 Å². The van der Waals surface area contributed by atoms with Gasteiger partial charge in [0.05, 0.1) is 0 Å². The molecule has 124 valence electrons. The van der Waals surface area contributed by atoms with E-state index in [4.69, 9.17) is 4.74 Å². The number of amides is 1. The maximum Gasteiger partial charge on any atom is 0.410 e. The second-order valence-corrected chi connectivity index (χ2v) is 6.76. The zero-order valence-electron chi connectivity index (χ0n) is 14.8. The lowest BCUT2D eigenvalue weighted by molar-refractivity contribution is 0.0141. The Morgan fingerprint density at radius 2 is 1.57 bits per heavy atom. The van der Waals surface area contributed by atoms with Crippen molar-refractivity contribution in [3.05, 3.63) is 0 Å². The monoisotopic (exact) mass is 298 g/mol. The molecule has 2 aliphatic rings. The van der Waals surface area contributed by atoms with E-state index in [-0.39, 0.29) is 6.09 Å². The van der Waals surface area contributed by atoms with E-state index in [0.29, 0.717) is 6.04 Å². The lowest BCUT2D eigenvalue weighted by Gasteiger charge is -2.38. The molecule has 0 aromatic carbocycles. The van der Waals surface area contributed by atoms with Crippen LogP contribution in [-0.4, -0.2) is 53.2 Å². The number of hydrogen-bond donors (Lipinski definition) is 0. The van der Waals surface area contributed by atoms with E-state index in [2.05, 4.69) is 11.8 Å². The highest BCUT2D eigenvalue weighted by atomic mass is 16.6. The first-order valence-electron chi connectivity index (χ1n) is 8.64. The van der Waals surface area contributed by atoms with E-state index in [1.807, 2.05) is 39.5 Å². The zero-order chi connectivity index (χ0) is 16.0. The van der Waals surface area contributed by atoms with Crippen molar-refractivity contribution in [2.75, 3.05) is 19.6 Å². The van der Waals surface area contributed by atoms with Gasteiger partial charge in [-0.25, -0.2) is 4.79 Å². The number of piperidine rings is 1. The maximum absolute atomic E-state index is 12.0. The van der Waals surface area contributed by atoms with Gasteiger partial charge in [0.1, 0.15) is 5.60 Å². The van der Waals surface area contributed by atoms with E-state index in [1.165, 1.54) is 12.8 Å². The Labute approximate surface area is 130 Å². The molecule has 0 bridgehead atoms. The summed E-state index contributed by atoms with van der Waals surface area (Å²) in [6, 6.07) is 1.49. The molecule has 1 saturated heterocycles. The van der Waals surface area contributed by atoms with Gasteiger partial charge in [-0.2, -0.15) is 0 Å². The molecule has 0 radical (unpaired) electrons. The maximum atomic E-state index is 12.0. The molecule has 4 heteroatoms. The van der Waals surface area contributed by atoms with Crippen molar-refractivity contribution in [3.8, 4) is 0 Å². The quantitative estimate of drug-likeness (QED) is 0.792. The number of rotatable bonds is 3. The molecule has 2 fully saturated rings. The Balaban J connectivity index is 0.00000106. The summed E-state index contributed by atoms with van der Waals surface area (Å²) in [4.78, 5) is 16.5. The topological polar surface area (TPSA) is 32.8 Å². The molecule has 0 aromatic rings. The average molecular weight is 298 g/mol. The third-order valence-corrected chi connectivity index (χ3v) is 3.97. The lowest BCUT2D eigenvalue weighted by atomic mass is 10.0. The Morgan fingerprint density at radius 1 is 1.10 bits per heavy atom. The van der Waals surface area contributed by atoms with Crippen LogP contribution in [0.25, 0.3) is 0 Å². The summed E-state index contributed by atoms with van der Waals surface area (Å²) < 4.78 is 5.43. The molecule has 4 nitrogen and oxygen atoms in total. The smallest absolute Gasteiger partial charge is 0.410 e.